The normalized spacial score (nSPS) is 16.1. The summed E-state index contributed by atoms with van der Waals surface area (Å²) >= 11 is 0. The van der Waals surface area contributed by atoms with E-state index < -0.39 is 0 Å². The van der Waals surface area contributed by atoms with Crippen LogP contribution < -0.4 is 10.1 Å². The summed E-state index contributed by atoms with van der Waals surface area (Å²) in [4.78, 5) is 0. The first-order valence-electron chi connectivity index (χ1n) is 7.16. The highest BCUT2D eigenvalue weighted by atomic mass is 16.5. The van der Waals surface area contributed by atoms with Crippen LogP contribution in [0.4, 0.5) is 0 Å². The molecule has 1 fully saturated rings. The minimum Gasteiger partial charge on any atom is -0.496 e. The molecular weight excluding hydrogens is 234 g/mol. The maximum Gasteiger partial charge on any atom is 0.123 e. The molecule has 0 unspecified atom stereocenters. The first-order chi connectivity index (χ1) is 9.38. The van der Waals surface area contributed by atoms with Gasteiger partial charge in [-0.1, -0.05) is 43.2 Å². The fraction of sp³-hybridized carbons (Fsp3) is 0.412. The van der Waals surface area contributed by atoms with Crippen LogP contribution in [0, 0.1) is 0 Å². The first kappa shape index (κ1) is 12.5. The van der Waals surface area contributed by atoms with Gasteiger partial charge in [-0.05, 0) is 29.7 Å². The lowest BCUT2D eigenvalue weighted by Gasteiger charge is -2.16. The van der Waals surface area contributed by atoms with Crippen LogP contribution in [-0.2, 0) is 6.54 Å². The zero-order chi connectivity index (χ0) is 13.1. The van der Waals surface area contributed by atoms with Crippen molar-refractivity contribution < 1.29 is 4.74 Å². The summed E-state index contributed by atoms with van der Waals surface area (Å²) in [7, 11) is 1.75. The summed E-state index contributed by atoms with van der Waals surface area (Å²) in [5, 5.41) is 6.27. The number of ether oxygens (including phenoxy) is 1. The van der Waals surface area contributed by atoms with Crippen molar-refractivity contribution in [3.63, 3.8) is 0 Å². The number of rotatable bonds is 4. The van der Waals surface area contributed by atoms with Gasteiger partial charge in [0.15, 0.2) is 0 Å². The van der Waals surface area contributed by atoms with Crippen LogP contribution in [0.5, 0.6) is 5.75 Å². The van der Waals surface area contributed by atoms with Gasteiger partial charge in [-0.3, -0.25) is 0 Å². The van der Waals surface area contributed by atoms with Gasteiger partial charge in [-0.2, -0.15) is 0 Å². The molecule has 0 atom stereocenters. The molecule has 0 amide bonds. The molecule has 3 rings (SSSR count). The van der Waals surface area contributed by atoms with Gasteiger partial charge in [0.25, 0.3) is 0 Å². The average Bonchev–Trinajstić information content (AvgIpc) is 2.97. The van der Waals surface area contributed by atoms with Crippen molar-refractivity contribution in [2.45, 2.75) is 38.3 Å². The Morgan fingerprint density at radius 2 is 1.89 bits per heavy atom. The summed E-state index contributed by atoms with van der Waals surface area (Å²) in [5.74, 6) is 0.990. The third-order valence-electron chi connectivity index (χ3n) is 4.14. The Bertz CT molecular complexity index is 558. The Labute approximate surface area is 114 Å². The number of hydrogen-bond acceptors (Lipinski definition) is 2. The van der Waals surface area contributed by atoms with Crippen LogP contribution in [0.1, 0.15) is 31.2 Å². The summed E-state index contributed by atoms with van der Waals surface area (Å²) < 4.78 is 5.53. The Morgan fingerprint density at radius 3 is 2.68 bits per heavy atom. The minimum atomic E-state index is 0.684. The molecule has 0 aromatic heterocycles. The standard InChI is InChI=1S/C17H21NO/c1-19-17-11-10-13-6-2-5-9-15(13)16(17)12-18-14-7-3-4-8-14/h2,5-6,9-11,14,18H,3-4,7-8,12H2,1H3. The maximum absolute atomic E-state index is 5.53. The molecule has 1 aliphatic rings. The average molecular weight is 255 g/mol. The van der Waals surface area contributed by atoms with Crippen LogP contribution in [-0.4, -0.2) is 13.2 Å². The highest BCUT2D eigenvalue weighted by Gasteiger charge is 2.15. The monoisotopic (exact) mass is 255 g/mol. The molecular formula is C17H21NO. The molecule has 0 spiro atoms. The minimum absolute atomic E-state index is 0.684. The smallest absolute Gasteiger partial charge is 0.123 e. The van der Waals surface area contributed by atoms with E-state index in [1.807, 2.05) is 0 Å². The second kappa shape index (κ2) is 5.62. The summed E-state index contributed by atoms with van der Waals surface area (Å²) in [5.41, 5.74) is 1.28. The van der Waals surface area contributed by atoms with Crippen molar-refractivity contribution in [3.8, 4) is 5.75 Å². The second-order valence-electron chi connectivity index (χ2n) is 5.33. The predicted octanol–water partition coefficient (Wildman–Crippen LogP) is 3.88. The largest absolute Gasteiger partial charge is 0.496 e. The van der Waals surface area contributed by atoms with Gasteiger partial charge >= 0.3 is 0 Å². The molecule has 100 valence electrons. The zero-order valence-corrected chi connectivity index (χ0v) is 11.5. The van der Waals surface area contributed by atoms with E-state index >= 15 is 0 Å². The van der Waals surface area contributed by atoms with Crippen molar-refractivity contribution in [2.75, 3.05) is 7.11 Å². The third-order valence-corrected chi connectivity index (χ3v) is 4.14. The van der Waals surface area contributed by atoms with Crippen LogP contribution in [0.3, 0.4) is 0 Å². The topological polar surface area (TPSA) is 21.3 Å². The van der Waals surface area contributed by atoms with E-state index in [2.05, 4.69) is 41.7 Å². The predicted molar refractivity (Wildman–Crippen MR) is 79.6 cm³/mol. The third kappa shape index (κ3) is 2.59. The molecule has 0 bridgehead atoms. The Balaban J connectivity index is 1.90. The van der Waals surface area contributed by atoms with Gasteiger partial charge in [-0.15, -0.1) is 0 Å². The van der Waals surface area contributed by atoms with Crippen LogP contribution >= 0.6 is 0 Å². The molecule has 2 nitrogen and oxygen atoms in total. The number of methoxy groups -OCH3 is 1. The molecule has 2 heteroatoms. The molecule has 0 radical (unpaired) electrons. The number of benzene rings is 2. The lowest BCUT2D eigenvalue weighted by molar-refractivity contribution is 0.406. The van der Waals surface area contributed by atoms with Crippen molar-refractivity contribution in [1.29, 1.82) is 0 Å². The summed E-state index contributed by atoms with van der Waals surface area (Å²) in [6.45, 7) is 0.898. The van der Waals surface area contributed by atoms with E-state index in [9.17, 15) is 0 Å². The fourth-order valence-corrected chi connectivity index (χ4v) is 3.07. The van der Waals surface area contributed by atoms with Gasteiger partial charge in [0.2, 0.25) is 0 Å². The lowest BCUT2D eigenvalue weighted by Crippen LogP contribution is -2.25. The summed E-state index contributed by atoms with van der Waals surface area (Å²) in [6, 6.07) is 13.4. The highest BCUT2D eigenvalue weighted by Crippen LogP contribution is 2.28. The number of fused-ring (bicyclic) bond motifs is 1. The molecule has 0 heterocycles. The molecule has 0 aliphatic heterocycles. The van der Waals surface area contributed by atoms with Gasteiger partial charge in [0, 0.05) is 18.2 Å². The van der Waals surface area contributed by atoms with E-state index in [0.29, 0.717) is 6.04 Å². The SMILES string of the molecule is COc1ccc2ccccc2c1CNC1CCCC1. The molecule has 0 saturated heterocycles. The molecule has 19 heavy (non-hydrogen) atoms. The van der Waals surface area contributed by atoms with Gasteiger partial charge < -0.3 is 10.1 Å². The number of nitrogens with one attached hydrogen (secondary N) is 1. The van der Waals surface area contributed by atoms with Gasteiger partial charge in [0.1, 0.15) is 5.75 Å². The Morgan fingerprint density at radius 1 is 1.11 bits per heavy atom. The summed E-state index contributed by atoms with van der Waals surface area (Å²) in [6.07, 6.45) is 5.36. The van der Waals surface area contributed by atoms with Crippen molar-refractivity contribution in [2.24, 2.45) is 0 Å². The van der Waals surface area contributed by atoms with Crippen molar-refractivity contribution >= 4 is 10.8 Å². The lowest BCUT2D eigenvalue weighted by atomic mass is 10.0. The quantitative estimate of drug-likeness (QED) is 0.895. The Hall–Kier alpha value is -1.54. The number of hydrogen-bond donors (Lipinski definition) is 1. The zero-order valence-electron chi connectivity index (χ0n) is 11.5. The van der Waals surface area contributed by atoms with Gasteiger partial charge in [0.05, 0.1) is 7.11 Å². The second-order valence-corrected chi connectivity index (χ2v) is 5.33. The first-order valence-corrected chi connectivity index (χ1v) is 7.16. The molecule has 1 aliphatic carbocycles. The molecule has 1 N–H and O–H groups in total. The Kier molecular flexibility index (Phi) is 3.69. The maximum atomic E-state index is 5.53. The van der Waals surface area contributed by atoms with E-state index in [4.69, 9.17) is 4.74 Å². The highest BCUT2D eigenvalue weighted by molar-refractivity contribution is 5.87. The van der Waals surface area contributed by atoms with E-state index in [1.54, 1.807) is 7.11 Å². The molecule has 2 aromatic rings. The molecule has 1 saturated carbocycles. The van der Waals surface area contributed by atoms with Crippen LogP contribution in [0.25, 0.3) is 10.8 Å². The van der Waals surface area contributed by atoms with Gasteiger partial charge in [-0.25, -0.2) is 0 Å². The van der Waals surface area contributed by atoms with E-state index in [1.165, 1.54) is 42.0 Å². The van der Waals surface area contributed by atoms with E-state index in [0.717, 1.165) is 12.3 Å². The van der Waals surface area contributed by atoms with E-state index in [-0.39, 0.29) is 0 Å². The molecule has 2 aromatic carbocycles. The van der Waals surface area contributed by atoms with Crippen molar-refractivity contribution in [1.82, 2.24) is 5.32 Å². The van der Waals surface area contributed by atoms with Crippen LogP contribution in [0.15, 0.2) is 36.4 Å². The van der Waals surface area contributed by atoms with Crippen molar-refractivity contribution in [3.05, 3.63) is 42.0 Å². The van der Waals surface area contributed by atoms with Crippen LogP contribution in [0.2, 0.25) is 0 Å². The fourth-order valence-electron chi connectivity index (χ4n) is 3.07.